The summed E-state index contributed by atoms with van der Waals surface area (Å²) in [6.07, 6.45) is 0.711. The van der Waals surface area contributed by atoms with Gasteiger partial charge in [0.15, 0.2) is 0 Å². The molecule has 1 aromatic carbocycles. The molecule has 2 aromatic rings. The van der Waals surface area contributed by atoms with Gasteiger partial charge in [0.1, 0.15) is 0 Å². The van der Waals surface area contributed by atoms with Gasteiger partial charge in [-0.05, 0) is 37.6 Å². The lowest BCUT2D eigenvalue weighted by Crippen LogP contribution is -2.45. The molecule has 0 fully saturated rings. The van der Waals surface area contributed by atoms with Crippen molar-refractivity contribution < 1.29 is 4.79 Å². The Kier molecular flexibility index (Phi) is 5.00. The predicted octanol–water partition coefficient (Wildman–Crippen LogP) is 1.11. The van der Waals surface area contributed by atoms with Gasteiger partial charge >= 0.3 is 5.69 Å². The molecule has 1 heterocycles. The fraction of sp³-hybridized carbons (Fsp3) is 0.333. The van der Waals surface area contributed by atoms with Crippen molar-refractivity contribution in [2.75, 3.05) is 0 Å². The number of hydrogen-bond acceptors (Lipinski definition) is 4. The van der Waals surface area contributed by atoms with Crippen LogP contribution in [0.2, 0.25) is 5.02 Å². The highest BCUT2D eigenvalue weighted by atomic mass is 35.5. The lowest BCUT2D eigenvalue weighted by atomic mass is 10.2. The first-order chi connectivity index (χ1) is 10.8. The van der Waals surface area contributed by atoms with E-state index in [-0.39, 0.29) is 11.7 Å². The zero-order valence-electron chi connectivity index (χ0n) is 13.0. The molecule has 0 aliphatic rings. The summed E-state index contributed by atoms with van der Waals surface area (Å²) in [7, 11) is 1.30. The minimum absolute atomic E-state index is 0.107. The number of carbonyl (C=O) groups excluding carboxylic acids is 1. The molecular formula is C15H17ClN4O3. The van der Waals surface area contributed by atoms with E-state index in [1.165, 1.54) is 7.05 Å². The maximum absolute atomic E-state index is 12.2. The van der Waals surface area contributed by atoms with Crippen LogP contribution >= 0.6 is 11.6 Å². The normalized spacial score (nSPS) is 12.0. The summed E-state index contributed by atoms with van der Waals surface area (Å²) in [5, 5.41) is 7.11. The van der Waals surface area contributed by atoms with Gasteiger partial charge in [-0.25, -0.2) is 4.79 Å². The number of rotatable bonds is 4. The number of carbonyl (C=O) groups is 1. The Morgan fingerprint density at radius 1 is 1.30 bits per heavy atom. The molecule has 0 aliphatic heterocycles. The van der Waals surface area contributed by atoms with Crippen LogP contribution in [0.25, 0.3) is 5.69 Å². The third kappa shape index (κ3) is 3.50. The van der Waals surface area contributed by atoms with E-state index in [0.29, 0.717) is 17.1 Å². The summed E-state index contributed by atoms with van der Waals surface area (Å²) in [5.41, 5.74) is -1.30. The largest absolute Gasteiger partial charge is 0.351 e. The standard InChI is InChI=1S/C15H17ClN4O3/c1-4-9(2)17-13(21)12-14(22)19(3)15(23)20(18-12)11-7-5-10(16)6-8-11/h5-9H,4H2,1-3H3,(H,17,21)/t9-/m0/s1. The molecule has 23 heavy (non-hydrogen) atoms. The van der Waals surface area contributed by atoms with Gasteiger partial charge in [-0.1, -0.05) is 18.5 Å². The van der Waals surface area contributed by atoms with E-state index < -0.39 is 17.2 Å². The molecule has 1 N–H and O–H groups in total. The van der Waals surface area contributed by atoms with Crippen molar-refractivity contribution in [2.24, 2.45) is 7.05 Å². The molecule has 2 rings (SSSR count). The Balaban J connectivity index is 2.57. The first-order valence-corrected chi connectivity index (χ1v) is 7.50. The van der Waals surface area contributed by atoms with Gasteiger partial charge in [-0.15, -0.1) is 0 Å². The number of hydrogen-bond donors (Lipinski definition) is 1. The first kappa shape index (κ1) is 17.0. The third-order valence-electron chi connectivity index (χ3n) is 3.45. The van der Waals surface area contributed by atoms with E-state index in [1.54, 1.807) is 24.3 Å². The summed E-state index contributed by atoms with van der Waals surface area (Å²) >= 11 is 5.82. The highest BCUT2D eigenvalue weighted by molar-refractivity contribution is 6.30. The van der Waals surface area contributed by atoms with Crippen LogP contribution in [0.5, 0.6) is 0 Å². The van der Waals surface area contributed by atoms with Crippen LogP contribution in [0, 0.1) is 0 Å². The highest BCUT2D eigenvalue weighted by Gasteiger charge is 2.19. The number of halogens is 1. The van der Waals surface area contributed by atoms with Crippen LogP contribution in [-0.4, -0.2) is 26.3 Å². The molecule has 0 radical (unpaired) electrons. The summed E-state index contributed by atoms with van der Waals surface area (Å²) < 4.78 is 1.86. The first-order valence-electron chi connectivity index (χ1n) is 7.12. The number of benzene rings is 1. The number of nitrogens with one attached hydrogen (secondary N) is 1. The molecule has 0 saturated carbocycles. The SMILES string of the molecule is CC[C@H](C)NC(=O)c1nn(-c2ccc(Cl)cc2)c(=O)n(C)c1=O. The van der Waals surface area contributed by atoms with Gasteiger partial charge in [0.2, 0.25) is 5.69 Å². The van der Waals surface area contributed by atoms with Crippen LogP contribution < -0.4 is 16.6 Å². The van der Waals surface area contributed by atoms with E-state index >= 15 is 0 Å². The van der Waals surface area contributed by atoms with Crippen molar-refractivity contribution in [2.45, 2.75) is 26.3 Å². The van der Waals surface area contributed by atoms with Crippen molar-refractivity contribution in [3.8, 4) is 5.69 Å². The third-order valence-corrected chi connectivity index (χ3v) is 3.70. The van der Waals surface area contributed by atoms with Crippen molar-refractivity contribution in [3.63, 3.8) is 0 Å². The Labute approximate surface area is 137 Å². The second-order valence-corrected chi connectivity index (χ2v) is 5.60. The Morgan fingerprint density at radius 2 is 1.91 bits per heavy atom. The Hall–Kier alpha value is -2.41. The van der Waals surface area contributed by atoms with E-state index in [9.17, 15) is 14.4 Å². The lowest BCUT2D eigenvalue weighted by Gasteiger charge is -2.12. The van der Waals surface area contributed by atoms with Crippen LogP contribution in [0.3, 0.4) is 0 Å². The molecule has 0 spiro atoms. The molecule has 1 amide bonds. The van der Waals surface area contributed by atoms with Gasteiger partial charge in [0.25, 0.3) is 11.5 Å². The van der Waals surface area contributed by atoms with Crippen LogP contribution in [0.4, 0.5) is 0 Å². The van der Waals surface area contributed by atoms with Crippen molar-refractivity contribution in [1.29, 1.82) is 0 Å². The zero-order valence-corrected chi connectivity index (χ0v) is 13.8. The number of aromatic nitrogens is 3. The average molecular weight is 337 g/mol. The van der Waals surface area contributed by atoms with Crippen LogP contribution in [0.15, 0.2) is 33.9 Å². The summed E-state index contributed by atoms with van der Waals surface area (Å²) in [5.74, 6) is -0.609. The summed E-state index contributed by atoms with van der Waals surface area (Å²) in [6.45, 7) is 3.72. The molecule has 8 heteroatoms. The second kappa shape index (κ2) is 6.78. The number of nitrogens with zero attached hydrogens (tertiary/aromatic N) is 3. The molecular weight excluding hydrogens is 320 g/mol. The maximum Gasteiger partial charge on any atom is 0.351 e. The van der Waals surface area contributed by atoms with Gasteiger partial charge in [0, 0.05) is 18.1 Å². The molecule has 0 unspecified atom stereocenters. The van der Waals surface area contributed by atoms with Crippen molar-refractivity contribution in [1.82, 2.24) is 19.7 Å². The van der Waals surface area contributed by atoms with E-state index in [0.717, 1.165) is 9.25 Å². The van der Waals surface area contributed by atoms with Gasteiger partial charge < -0.3 is 5.32 Å². The Morgan fingerprint density at radius 3 is 2.48 bits per heavy atom. The molecule has 0 saturated heterocycles. The minimum atomic E-state index is -0.735. The van der Waals surface area contributed by atoms with E-state index in [1.807, 2.05) is 13.8 Å². The van der Waals surface area contributed by atoms with Crippen molar-refractivity contribution >= 4 is 17.5 Å². The highest BCUT2D eigenvalue weighted by Crippen LogP contribution is 2.11. The van der Waals surface area contributed by atoms with Gasteiger partial charge in [0.05, 0.1) is 5.69 Å². The smallest absolute Gasteiger partial charge is 0.348 e. The molecule has 122 valence electrons. The summed E-state index contributed by atoms with van der Waals surface area (Å²) in [6, 6.07) is 6.24. The number of amides is 1. The second-order valence-electron chi connectivity index (χ2n) is 5.17. The van der Waals surface area contributed by atoms with Gasteiger partial charge in [-0.3, -0.25) is 14.2 Å². The molecule has 0 bridgehead atoms. The topological polar surface area (TPSA) is 86.0 Å². The van der Waals surface area contributed by atoms with Gasteiger partial charge in [-0.2, -0.15) is 9.78 Å². The van der Waals surface area contributed by atoms with E-state index in [4.69, 9.17) is 11.6 Å². The van der Waals surface area contributed by atoms with Crippen LogP contribution in [0.1, 0.15) is 30.8 Å². The molecule has 1 aromatic heterocycles. The quantitative estimate of drug-likeness (QED) is 0.906. The lowest BCUT2D eigenvalue weighted by molar-refractivity contribution is 0.0929. The molecule has 0 aliphatic carbocycles. The Bertz CT molecular complexity index is 839. The fourth-order valence-electron chi connectivity index (χ4n) is 1.86. The van der Waals surface area contributed by atoms with Crippen LogP contribution in [-0.2, 0) is 7.05 Å². The predicted molar refractivity (Wildman–Crippen MR) is 87.3 cm³/mol. The van der Waals surface area contributed by atoms with E-state index in [2.05, 4.69) is 10.4 Å². The summed E-state index contributed by atoms with van der Waals surface area (Å²) in [4.78, 5) is 36.6. The molecule has 7 nitrogen and oxygen atoms in total. The zero-order chi connectivity index (χ0) is 17.1. The van der Waals surface area contributed by atoms with Crippen molar-refractivity contribution in [3.05, 3.63) is 55.8 Å². The maximum atomic E-state index is 12.2. The minimum Gasteiger partial charge on any atom is -0.348 e. The average Bonchev–Trinajstić information content (AvgIpc) is 2.53. The fourth-order valence-corrected chi connectivity index (χ4v) is 1.99. The monoisotopic (exact) mass is 336 g/mol. The molecule has 1 atom stereocenters.